The lowest BCUT2D eigenvalue weighted by atomic mass is 9.97. The molecule has 0 spiro atoms. The van der Waals surface area contributed by atoms with Gasteiger partial charge in [-0.2, -0.15) is 0 Å². The van der Waals surface area contributed by atoms with Gasteiger partial charge in [-0.15, -0.1) is 0 Å². The van der Waals surface area contributed by atoms with Crippen molar-refractivity contribution in [2.45, 2.75) is 11.3 Å². The Morgan fingerprint density at radius 1 is 1.13 bits per heavy atom. The van der Waals surface area contributed by atoms with Crippen molar-refractivity contribution in [3.63, 3.8) is 0 Å². The molecule has 1 heterocycles. The molecule has 7 heteroatoms. The van der Waals surface area contributed by atoms with Gasteiger partial charge in [-0.3, -0.25) is 0 Å². The highest BCUT2D eigenvalue weighted by Crippen LogP contribution is 2.26. The molecule has 1 N–H and O–H groups in total. The maximum Gasteiger partial charge on any atom is 0.240 e. The van der Waals surface area contributed by atoms with E-state index in [1.807, 2.05) is 24.3 Å². The fourth-order valence-corrected chi connectivity index (χ4v) is 3.67. The van der Waals surface area contributed by atoms with Crippen molar-refractivity contribution in [3.8, 4) is 5.75 Å². The van der Waals surface area contributed by atoms with E-state index in [4.69, 9.17) is 4.74 Å². The Hall–Kier alpha value is -1.99. The van der Waals surface area contributed by atoms with Gasteiger partial charge >= 0.3 is 0 Å². The summed E-state index contributed by atoms with van der Waals surface area (Å²) in [5, 5.41) is 0. The van der Waals surface area contributed by atoms with E-state index < -0.39 is 26.6 Å². The first-order valence-electron chi connectivity index (χ1n) is 7.10. The molecule has 1 unspecified atom stereocenters. The van der Waals surface area contributed by atoms with E-state index in [1.165, 1.54) is 0 Å². The summed E-state index contributed by atoms with van der Waals surface area (Å²) in [6, 6.07) is 9.77. The van der Waals surface area contributed by atoms with Crippen LogP contribution in [0.2, 0.25) is 0 Å². The van der Waals surface area contributed by atoms with Gasteiger partial charge in [-0.1, -0.05) is 18.2 Å². The zero-order valence-corrected chi connectivity index (χ0v) is 12.9. The van der Waals surface area contributed by atoms with Crippen LogP contribution in [0.1, 0.15) is 5.56 Å². The van der Waals surface area contributed by atoms with Crippen LogP contribution in [0.25, 0.3) is 0 Å². The molecule has 0 fully saturated rings. The Morgan fingerprint density at radius 3 is 2.57 bits per heavy atom. The maximum absolute atomic E-state index is 13.2. The highest BCUT2D eigenvalue weighted by molar-refractivity contribution is 7.89. The van der Waals surface area contributed by atoms with Gasteiger partial charge in [0.05, 0.1) is 11.5 Å². The SMILES string of the molecule is O=S(=O)(NCC1COc2ccccc2C1)c1cc(F)cc(F)c1. The molecule has 0 bridgehead atoms. The zero-order valence-electron chi connectivity index (χ0n) is 12.1. The lowest BCUT2D eigenvalue weighted by Gasteiger charge is -2.25. The van der Waals surface area contributed by atoms with E-state index in [0.717, 1.165) is 23.4 Å². The molecule has 2 aromatic carbocycles. The molecule has 0 aromatic heterocycles. The molecule has 3 rings (SSSR count). The van der Waals surface area contributed by atoms with E-state index >= 15 is 0 Å². The standard InChI is InChI=1S/C16H15F2NO3S/c17-13-6-14(18)8-15(7-13)23(20,21)19-9-11-5-12-3-1-2-4-16(12)22-10-11/h1-4,6-8,11,19H,5,9-10H2. The minimum atomic E-state index is -3.97. The van der Waals surface area contributed by atoms with Gasteiger partial charge in [0.25, 0.3) is 0 Å². The van der Waals surface area contributed by atoms with E-state index in [-0.39, 0.29) is 12.5 Å². The molecule has 0 amide bonds. The van der Waals surface area contributed by atoms with Crippen molar-refractivity contribution in [2.75, 3.05) is 13.2 Å². The second-order valence-corrected chi connectivity index (χ2v) is 7.21. The number of sulfonamides is 1. The normalized spacial score (nSPS) is 17.4. The van der Waals surface area contributed by atoms with Gasteiger partial charge in [0.15, 0.2) is 0 Å². The second kappa shape index (κ2) is 6.25. The van der Waals surface area contributed by atoms with Crippen molar-refractivity contribution in [2.24, 2.45) is 5.92 Å². The summed E-state index contributed by atoms with van der Waals surface area (Å²) in [4.78, 5) is -0.424. The second-order valence-electron chi connectivity index (χ2n) is 5.45. The van der Waals surface area contributed by atoms with Crippen LogP contribution >= 0.6 is 0 Å². The van der Waals surface area contributed by atoms with Gasteiger partial charge in [0.2, 0.25) is 10.0 Å². The van der Waals surface area contributed by atoms with Crippen LogP contribution in [0.4, 0.5) is 8.78 Å². The molecular formula is C16H15F2NO3S. The number of para-hydroxylation sites is 1. The van der Waals surface area contributed by atoms with Crippen molar-refractivity contribution < 1.29 is 21.9 Å². The number of hydrogen-bond donors (Lipinski definition) is 1. The molecular weight excluding hydrogens is 324 g/mol. The van der Waals surface area contributed by atoms with E-state index in [1.54, 1.807) is 0 Å². The molecule has 1 atom stereocenters. The molecule has 2 aromatic rings. The summed E-state index contributed by atoms with van der Waals surface area (Å²) in [6.07, 6.45) is 0.677. The summed E-state index contributed by atoms with van der Waals surface area (Å²) < 4.78 is 58.6. The smallest absolute Gasteiger partial charge is 0.240 e. The highest BCUT2D eigenvalue weighted by atomic mass is 32.2. The van der Waals surface area contributed by atoms with Crippen molar-refractivity contribution in [1.82, 2.24) is 4.72 Å². The molecule has 0 saturated carbocycles. The Bertz CT molecular complexity index is 804. The Kier molecular flexibility index (Phi) is 4.32. The third kappa shape index (κ3) is 3.68. The number of halogens is 2. The number of benzene rings is 2. The summed E-state index contributed by atoms with van der Waals surface area (Å²) in [6.45, 7) is 0.520. The Morgan fingerprint density at radius 2 is 1.83 bits per heavy atom. The number of rotatable bonds is 4. The van der Waals surface area contributed by atoms with Gasteiger partial charge in [-0.25, -0.2) is 21.9 Å². The van der Waals surface area contributed by atoms with Crippen LogP contribution in [0.15, 0.2) is 47.4 Å². The average Bonchev–Trinajstić information content (AvgIpc) is 2.52. The predicted molar refractivity (Wildman–Crippen MR) is 80.7 cm³/mol. The fourth-order valence-electron chi connectivity index (χ4n) is 2.52. The summed E-state index contributed by atoms with van der Waals surface area (Å²) in [5.41, 5.74) is 1.01. The molecule has 0 saturated heterocycles. The van der Waals surface area contributed by atoms with E-state index in [9.17, 15) is 17.2 Å². The van der Waals surface area contributed by atoms with Crippen LogP contribution in [0.5, 0.6) is 5.75 Å². The monoisotopic (exact) mass is 339 g/mol. The minimum absolute atomic E-state index is 0.0434. The van der Waals surface area contributed by atoms with E-state index in [0.29, 0.717) is 19.1 Å². The van der Waals surface area contributed by atoms with Crippen molar-refractivity contribution in [3.05, 3.63) is 59.7 Å². The molecule has 4 nitrogen and oxygen atoms in total. The third-order valence-electron chi connectivity index (χ3n) is 3.66. The van der Waals surface area contributed by atoms with Crippen LogP contribution in [-0.2, 0) is 16.4 Å². The predicted octanol–water partition coefficient (Wildman–Crippen LogP) is 2.49. The summed E-state index contributed by atoms with van der Waals surface area (Å²) in [7, 11) is -3.97. The minimum Gasteiger partial charge on any atom is -0.493 e. The van der Waals surface area contributed by atoms with Gasteiger partial charge in [0.1, 0.15) is 17.4 Å². The van der Waals surface area contributed by atoms with Crippen LogP contribution in [0.3, 0.4) is 0 Å². The Labute approximate surface area is 133 Å². The fraction of sp³-hybridized carbons (Fsp3) is 0.250. The molecule has 1 aliphatic heterocycles. The lowest BCUT2D eigenvalue weighted by molar-refractivity contribution is 0.223. The third-order valence-corrected chi connectivity index (χ3v) is 5.07. The summed E-state index contributed by atoms with van der Waals surface area (Å²) >= 11 is 0. The first-order valence-corrected chi connectivity index (χ1v) is 8.59. The maximum atomic E-state index is 13.2. The van der Waals surface area contributed by atoms with Gasteiger partial charge < -0.3 is 4.74 Å². The van der Waals surface area contributed by atoms with Crippen molar-refractivity contribution >= 4 is 10.0 Å². The largest absolute Gasteiger partial charge is 0.493 e. The highest BCUT2D eigenvalue weighted by Gasteiger charge is 2.23. The molecule has 122 valence electrons. The molecule has 1 aliphatic rings. The van der Waals surface area contributed by atoms with E-state index in [2.05, 4.69) is 4.72 Å². The van der Waals surface area contributed by atoms with Crippen LogP contribution < -0.4 is 9.46 Å². The van der Waals surface area contributed by atoms with Crippen LogP contribution in [0, 0.1) is 17.6 Å². The van der Waals surface area contributed by atoms with Gasteiger partial charge in [-0.05, 0) is 30.2 Å². The molecule has 0 radical (unpaired) electrons. The molecule has 0 aliphatic carbocycles. The van der Waals surface area contributed by atoms with Crippen LogP contribution in [-0.4, -0.2) is 21.6 Å². The van der Waals surface area contributed by atoms with Crippen molar-refractivity contribution in [1.29, 1.82) is 0 Å². The number of hydrogen-bond acceptors (Lipinski definition) is 3. The first kappa shape index (κ1) is 15.9. The Balaban J connectivity index is 1.68. The number of nitrogens with one attached hydrogen (secondary N) is 1. The van der Waals surface area contributed by atoms with Gasteiger partial charge in [0, 0.05) is 18.5 Å². The topological polar surface area (TPSA) is 55.4 Å². The number of fused-ring (bicyclic) bond motifs is 1. The first-order chi connectivity index (χ1) is 10.9. The number of ether oxygens (including phenoxy) is 1. The summed E-state index contributed by atoms with van der Waals surface area (Å²) in [5.74, 6) is -1.10. The lowest BCUT2D eigenvalue weighted by Crippen LogP contribution is -2.34. The quantitative estimate of drug-likeness (QED) is 0.931. The average molecular weight is 339 g/mol. The molecule has 23 heavy (non-hydrogen) atoms. The zero-order chi connectivity index (χ0) is 16.4.